The maximum atomic E-state index is 13.9. The van der Waals surface area contributed by atoms with Crippen LogP contribution in [0.3, 0.4) is 0 Å². The van der Waals surface area contributed by atoms with Crippen LogP contribution in [0.15, 0.2) is 15.3 Å². The lowest BCUT2D eigenvalue weighted by atomic mass is 9.91. The van der Waals surface area contributed by atoms with Crippen molar-refractivity contribution in [3.63, 3.8) is 0 Å². The second-order valence-corrected chi connectivity index (χ2v) is 15.6. The molecule has 27 heteroatoms. The average Bonchev–Trinajstić information content (AvgIpc) is 3.20. The summed E-state index contributed by atoms with van der Waals surface area (Å²) >= 11 is 0. The Labute approximate surface area is 371 Å². The second kappa shape index (κ2) is 34.5. The van der Waals surface area contributed by atoms with Crippen LogP contribution >= 0.6 is 0 Å². The zero-order chi connectivity index (χ0) is 48.2. The number of ketones is 1. The number of hydrogen-bond acceptors (Lipinski definition) is 16. The van der Waals surface area contributed by atoms with E-state index in [0.717, 1.165) is 0 Å². The van der Waals surface area contributed by atoms with Crippen molar-refractivity contribution < 1.29 is 62.1 Å². The number of azide groups is 3. The lowest BCUT2D eigenvalue weighted by molar-refractivity contribution is -0.140. The largest absolute Gasteiger partial charge is 0.444 e. The molecule has 6 amide bonds. The Morgan fingerprint density at radius 3 is 1.45 bits per heavy atom. The highest BCUT2D eigenvalue weighted by atomic mass is 16.8. The SMILES string of the molecule is CC(C)(C)OC(=O)N(OCCNC(=O)[C@H](CCCCNC(=O)COCCN=[N+]=[N-])CC(=O)[C@H](CCCCNC(=O)COCCN=[N+]=[N-])NC(=O)COCCN=[N+]=[N-])C(=O)OC(C)(C)C. The van der Waals surface area contributed by atoms with Gasteiger partial charge in [-0.25, -0.2) is 9.59 Å². The molecule has 360 valence electrons. The molecule has 27 nitrogen and oxygen atoms in total. The number of ether oxygens (including phenoxy) is 5. The number of hydroxylamine groups is 2. The van der Waals surface area contributed by atoms with Crippen molar-refractivity contribution in [2.45, 2.75) is 104 Å². The van der Waals surface area contributed by atoms with Crippen molar-refractivity contribution in [1.82, 2.24) is 26.3 Å². The predicted molar refractivity (Wildman–Crippen MR) is 227 cm³/mol. The van der Waals surface area contributed by atoms with Crippen LogP contribution in [-0.4, -0.2) is 149 Å². The van der Waals surface area contributed by atoms with Crippen molar-refractivity contribution in [2.75, 3.05) is 85.5 Å². The highest BCUT2D eigenvalue weighted by Crippen LogP contribution is 2.18. The minimum Gasteiger partial charge on any atom is -0.442 e. The summed E-state index contributed by atoms with van der Waals surface area (Å²) in [6.07, 6.45) is -0.773. The number of nitrogens with one attached hydrogen (secondary N) is 4. The Hall–Kier alpha value is -5.94. The molecule has 0 aliphatic carbocycles. The fourth-order valence-corrected chi connectivity index (χ4v) is 4.99. The maximum absolute atomic E-state index is 13.9. The van der Waals surface area contributed by atoms with Crippen LogP contribution < -0.4 is 21.3 Å². The highest BCUT2D eigenvalue weighted by molar-refractivity contribution is 5.92. The maximum Gasteiger partial charge on any atom is 0.444 e. The van der Waals surface area contributed by atoms with Crippen LogP contribution in [0.25, 0.3) is 31.3 Å². The molecule has 0 aromatic heterocycles. The number of Topliss-reactive ketones (excluding diaryl/α,β-unsaturated/α-hetero) is 1. The molecule has 0 aliphatic heterocycles. The van der Waals surface area contributed by atoms with Crippen molar-refractivity contribution in [1.29, 1.82) is 0 Å². The monoisotopic (exact) mass is 912 g/mol. The molecule has 0 aliphatic rings. The molecule has 0 aromatic carbocycles. The van der Waals surface area contributed by atoms with Gasteiger partial charge < -0.3 is 45.0 Å². The fourth-order valence-electron chi connectivity index (χ4n) is 4.99. The first-order valence-electron chi connectivity index (χ1n) is 20.6. The summed E-state index contributed by atoms with van der Waals surface area (Å²) in [4.78, 5) is 103. The number of imide groups is 1. The van der Waals surface area contributed by atoms with E-state index < -0.39 is 78.0 Å². The molecule has 0 radical (unpaired) electrons. The first-order chi connectivity index (χ1) is 30.3. The number of hydrogen-bond donors (Lipinski definition) is 4. The molecule has 4 N–H and O–H groups in total. The second-order valence-electron chi connectivity index (χ2n) is 15.6. The van der Waals surface area contributed by atoms with Gasteiger partial charge in [-0.3, -0.25) is 28.8 Å². The van der Waals surface area contributed by atoms with Crippen LogP contribution in [0, 0.1) is 5.92 Å². The van der Waals surface area contributed by atoms with E-state index in [1.807, 2.05) is 0 Å². The Bertz CT molecular complexity index is 1590. The van der Waals surface area contributed by atoms with E-state index in [0.29, 0.717) is 30.7 Å². The lowest BCUT2D eigenvalue weighted by Crippen LogP contribution is -2.45. The normalized spacial score (nSPS) is 11.8. The van der Waals surface area contributed by atoms with Crippen molar-refractivity contribution in [3.05, 3.63) is 31.3 Å². The Balaban J connectivity index is 5.89. The number of rotatable bonds is 34. The van der Waals surface area contributed by atoms with E-state index in [1.165, 1.54) is 0 Å². The molecular formula is C37H64N14O13. The molecule has 0 saturated heterocycles. The average molecular weight is 913 g/mol. The van der Waals surface area contributed by atoms with E-state index in [1.54, 1.807) is 41.5 Å². The fraction of sp³-hybridized carbons (Fsp3) is 0.811. The van der Waals surface area contributed by atoms with Crippen molar-refractivity contribution in [2.24, 2.45) is 21.3 Å². The molecule has 64 heavy (non-hydrogen) atoms. The first-order valence-corrected chi connectivity index (χ1v) is 20.6. The first kappa shape index (κ1) is 58.1. The summed E-state index contributed by atoms with van der Waals surface area (Å²) in [6.45, 7) is 8.63. The van der Waals surface area contributed by atoms with E-state index in [-0.39, 0.29) is 91.6 Å². The molecular weight excluding hydrogens is 848 g/mol. The molecule has 0 rings (SSSR count). The van der Waals surface area contributed by atoms with E-state index in [4.69, 9.17) is 45.1 Å². The zero-order valence-corrected chi connectivity index (χ0v) is 37.6. The molecule has 0 fully saturated rings. The number of amides is 6. The van der Waals surface area contributed by atoms with Crippen LogP contribution in [0.1, 0.15) is 86.5 Å². The van der Waals surface area contributed by atoms with Crippen molar-refractivity contribution >= 4 is 41.6 Å². The summed E-state index contributed by atoms with van der Waals surface area (Å²) in [5.41, 5.74) is 23.1. The van der Waals surface area contributed by atoms with Gasteiger partial charge in [0.05, 0.1) is 32.5 Å². The minimum atomic E-state index is -1.15. The Morgan fingerprint density at radius 2 is 1.02 bits per heavy atom. The summed E-state index contributed by atoms with van der Waals surface area (Å²) in [5, 5.41) is 20.9. The smallest absolute Gasteiger partial charge is 0.442 e. The van der Waals surface area contributed by atoms with Crippen LogP contribution in [0.2, 0.25) is 0 Å². The van der Waals surface area contributed by atoms with Crippen LogP contribution in [-0.2, 0) is 52.5 Å². The molecule has 0 aromatic rings. The van der Waals surface area contributed by atoms with Gasteiger partial charge in [0.25, 0.3) is 0 Å². The van der Waals surface area contributed by atoms with Crippen LogP contribution in [0.5, 0.6) is 0 Å². The van der Waals surface area contributed by atoms with Gasteiger partial charge in [-0.05, 0) is 90.2 Å². The van der Waals surface area contributed by atoms with E-state index >= 15 is 0 Å². The quantitative estimate of drug-likeness (QED) is 0.0235. The molecule has 0 saturated carbocycles. The highest BCUT2D eigenvalue weighted by Gasteiger charge is 2.33. The van der Waals surface area contributed by atoms with Gasteiger partial charge in [0, 0.05) is 66.3 Å². The Kier molecular flexibility index (Phi) is 31.3. The third-order valence-electron chi connectivity index (χ3n) is 7.72. The standard InChI is InChI=1S/C37H64N14O13/c1-36(2,3)63-34(57)51(35(58)64-37(4,5)6)62-22-15-43-33(56)27(11-7-9-13-41-30(53)24-59-19-16-44-48-38)23-29(52)28(47-32(55)26-61-21-18-46-50-40)12-8-10-14-42-31(54)25-60-20-17-45-49-39/h27-28H,7-26H2,1-6H3,(H,41,53)(H,42,54)(H,43,56)(H,47,55)/t27-,28+/m1/s1. The van der Waals surface area contributed by atoms with Gasteiger partial charge in [0.1, 0.15) is 31.0 Å². The van der Waals surface area contributed by atoms with E-state index in [9.17, 15) is 33.6 Å². The van der Waals surface area contributed by atoms with Gasteiger partial charge in [-0.2, -0.15) is 0 Å². The van der Waals surface area contributed by atoms with Gasteiger partial charge in [-0.15, -0.1) is 0 Å². The van der Waals surface area contributed by atoms with Gasteiger partial charge in [0.15, 0.2) is 5.78 Å². The Morgan fingerprint density at radius 1 is 0.578 bits per heavy atom. The molecule has 2 atom stereocenters. The molecule has 0 heterocycles. The lowest BCUT2D eigenvalue weighted by Gasteiger charge is -2.27. The molecule has 0 bridgehead atoms. The predicted octanol–water partition coefficient (Wildman–Crippen LogP) is 3.82. The van der Waals surface area contributed by atoms with Crippen molar-refractivity contribution in [3.8, 4) is 0 Å². The molecule has 0 spiro atoms. The summed E-state index contributed by atoms with van der Waals surface area (Å²) in [7, 11) is 0. The summed E-state index contributed by atoms with van der Waals surface area (Å²) < 4.78 is 26.0. The van der Waals surface area contributed by atoms with Gasteiger partial charge in [-0.1, -0.05) is 26.8 Å². The minimum absolute atomic E-state index is 0.0189. The van der Waals surface area contributed by atoms with Gasteiger partial charge in [0.2, 0.25) is 23.6 Å². The van der Waals surface area contributed by atoms with Crippen LogP contribution in [0.4, 0.5) is 9.59 Å². The van der Waals surface area contributed by atoms with Gasteiger partial charge >= 0.3 is 12.2 Å². The zero-order valence-electron chi connectivity index (χ0n) is 37.6. The number of carbonyl (C=O) groups excluding carboxylic acids is 7. The third-order valence-corrected chi connectivity index (χ3v) is 7.72. The third kappa shape index (κ3) is 32.7. The number of nitrogens with zero attached hydrogens (tertiary/aromatic N) is 10. The number of carbonyl (C=O) groups is 7. The summed E-state index contributed by atoms with van der Waals surface area (Å²) in [6, 6.07) is -1.07. The molecule has 0 unspecified atom stereocenters. The number of unbranched alkanes of at least 4 members (excludes halogenated alkanes) is 2. The summed E-state index contributed by atoms with van der Waals surface area (Å²) in [5.74, 6) is -3.46. The van der Waals surface area contributed by atoms with E-state index in [2.05, 4.69) is 51.3 Å². The topological polar surface area (TPSA) is 373 Å².